The molecule has 8 nitrogen and oxygen atoms in total. The summed E-state index contributed by atoms with van der Waals surface area (Å²) in [7, 11) is 1.53. The van der Waals surface area contributed by atoms with Crippen molar-refractivity contribution in [2.45, 2.75) is 32.9 Å². The van der Waals surface area contributed by atoms with E-state index in [1.54, 1.807) is 11.0 Å². The second-order valence-electron chi connectivity index (χ2n) is 10.4. The summed E-state index contributed by atoms with van der Waals surface area (Å²) in [6.07, 6.45) is -0.563. The molecule has 1 amide bonds. The van der Waals surface area contributed by atoms with Gasteiger partial charge in [-0.05, 0) is 55.7 Å². The minimum absolute atomic E-state index is 0.145. The molecule has 0 saturated carbocycles. The highest BCUT2D eigenvalue weighted by Gasteiger charge is 2.33. The number of nitrogens with zero attached hydrogens (tertiary/aromatic N) is 4. The van der Waals surface area contributed by atoms with Crippen LogP contribution in [-0.4, -0.2) is 45.9 Å². The van der Waals surface area contributed by atoms with E-state index in [0.29, 0.717) is 34.6 Å². The van der Waals surface area contributed by atoms with Crippen LogP contribution in [0.5, 0.6) is 5.75 Å². The van der Waals surface area contributed by atoms with Gasteiger partial charge in [0.15, 0.2) is 0 Å². The number of carbonyl (C=O) groups excluding carboxylic acids is 2. The molecule has 1 aliphatic rings. The third kappa shape index (κ3) is 4.75. The van der Waals surface area contributed by atoms with Crippen molar-refractivity contribution in [1.29, 1.82) is 5.26 Å². The molecule has 8 heteroatoms. The maximum Gasteiger partial charge on any atom is 0.435 e. The van der Waals surface area contributed by atoms with Crippen molar-refractivity contribution in [2.24, 2.45) is 0 Å². The van der Waals surface area contributed by atoms with Crippen LogP contribution in [0.25, 0.3) is 33.3 Å². The van der Waals surface area contributed by atoms with Crippen LogP contribution in [0, 0.1) is 11.3 Å². The van der Waals surface area contributed by atoms with Crippen molar-refractivity contribution >= 4 is 22.9 Å². The van der Waals surface area contributed by atoms with Gasteiger partial charge in [0.25, 0.3) is 5.91 Å². The molecule has 1 aliphatic heterocycles. The Balaban J connectivity index is 1.67. The molecule has 196 valence electrons. The number of benzene rings is 3. The van der Waals surface area contributed by atoms with E-state index in [2.05, 4.69) is 11.7 Å². The van der Waals surface area contributed by atoms with Crippen LogP contribution in [0.1, 0.15) is 36.7 Å². The van der Waals surface area contributed by atoms with Crippen LogP contribution in [0.15, 0.2) is 72.8 Å². The van der Waals surface area contributed by atoms with Gasteiger partial charge in [-0.25, -0.2) is 4.79 Å². The number of ether oxygens (including phenoxy) is 2. The van der Waals surface area contributed by atoms with Gasteiger partial charge in [-0.3, -0.25) is 4.79 Å². The second kappa shape index (κ2) is 9.76. The minimum atomic E-state index is -0.679. The van der Waals surface area contributed by atoms with E-state index in [4.69, 9.17) is 9.47 Å². The average molecular weight is 521 g/mol. The molecule has 5 rings (SSSR count). The van der Waals surface area contributed by atoms with Gasteiger partial charge in [0.05, 0.1) is 30.8 Å². The van der Waals surface area contributed by atoms with Gasteiger partial charge < -0.3 is 14.4 Å². The Bertz CT molecular complexity index is 1670. The Morgan fingerprint density at radius 1 is 1.10 bits per heavy atom. The minimum Gasteiger partial charge on any atom is -0.496 e. The smallest absolute Gasteiger partial charge is 0.435 e. The van der Waals surface area contributed by atoms with Gasteiger partial charge in [-0.15, -0.1) is 0 Å². The van der Waals surface area contributed by atoms with Gasteiger partial charge in [0.2, 0.25) is 0 Å². The number of hydrogen-bond donors (Lipinski definition) is 0. The van der Waals surface area contributed by atoms with Crippen molar-refractivity contribution in [3.8, 4) is 34.2 Å². The number of fused-ring (bicyclic) bond motifs is 2. The quantitative estimate of drug-likeness (QED) is 0.291. The molecule has 0 bridgehead atoms. The van der Waals surface area contributed by atoms with E-state index in [0.717, 1.165) is 27.6 Å². The summed E-state index contributed by atoms with van der Waals surface area (Å²) in [6.45, 7) is 9.64. The Morgan fingerprint density at radius 3 is 2.51 bits per heavy atom. The summed E-state index contributed by atoms with van der Waals surface area (Å²) in [6, 6.07) is 21.1. The van der Waals surface area contributed by atoms with Crippen LogP contribution in [0.2, 0.25) is 0 Å². The lowest BCUT2D eigenvalue weighted by atomic mass is 9.94. The highest BCUT2D eigenvalue weighted by atomic mass is 16.6. The predicted octanol–water partition coefficient (Wildman–Crippen LogP) is 6.20. The van der Waals surface area contributed by atoms with E-state index < -0.39 is 11.7 Å². The molecule has 3 aromatic carbocycles. The zero-order chi connectivity index (χ0) is 27.9. The number of nitriles is 1. The SMILES string of the molecule is C=C(C#N)CN1Cc2c(-c3ccc4c(c3)c(-c3ccccc3)nn4C(=O)OC(C)(C)C)ccc(OC)c2C1=O. The Labute approximate surface area is 226 Å². The molecule has 0 radical (unpaired) electrons. The van der Waals surface area contributed by atoms with E-state index in [9.17, 15) is 14.9 Å². The lowest BCUT2D eigenvalue weighted by Gasteiger charge is -2.19. The molecule has 0 spiro atoms. The van der Waals surface area contributed by atoms with E-state index in [-0.39, 0.29) is 12.5 Å². The summed E-state index contributed by atoms with van der Waals surface area (Å²) in [5, 5.41) is 14.6. The highest BCUT2D eigenvalue weighted by molar-refractivity contribution is 6.04. The zero-order valence-electron chi connectivity index (χ0n) is 22.3. The fraction of sp³-hybridized carbons (Fsp3) is 0.226. The lowest BCUT2D eigenvalue weighted by molar-refractivity contribution is 0.0523. The van der Waals surface area contributed by atoms with Crippen molar-refractivity contribution in [3.63, 3.8) is 0 Å². The van der Waals surface area contributed by atoms with E-state index in [1.165, 1.54) is 11.8 Å². The lowest BCUT2D eigenvalue weighted by Crippen LogP contribution is -2.27. The predicted molar refractivity (Wildman–Crippen MR) is 148 cm³/mol. The first-order valence-corrected chi connectivity index (χ1v) is 12.5. The molecule has 4 aromatic rings. The second-order valence-corrected chi connectivity index (χ2v) is 10.4. The summed E-state index contributed by atoms with van der Waals surface area (Å²) in [5.41, 5.74) is 4.75. The summed E-state index contributed by atoms with van der Waals surface area (Å²) >= 11 is 0. The van der Waals surface area contributed by atoms with Gasteiger partial charge in [0.1, 0.15) is 17.0 Å². The summed E-state index contributed by atoms with van der Waals surface area (Å²) in [4.78, 5) is 28.0. The van der Waals surface area contributed by atoms with Crippen LogP contribution < -0.4 is 4.74 Å². The molecular weight excluding hydrogens is 492 g/mol. The number of aromatic nitrogens is 2. The third-order valence-corrected chi connectivity index (χ3v) is 6.49. The topological polar surface area (TPSA) is 97.5 Å². The van der Waals surface area contributed by atoms with Crippen molar-refractivity contribution in [2.75, 3.05) is 13.7 Å². The Morgan fingerprint density at radius 2 is 1.85 bits per heavy atom. The van der Waals surface area contributed by atoms with Gasteiger partial charge >= 0.3 is 6.09 Å². The van der Waals surface area contributed by atoms with Crippen molar-refractivity contribution in [1.82, 2.24) is 14.7 Å². The fourth-order valence-corrected chi connectivity index (χ4v) is 4.82. The van der Waals surface area contributed by atoms with E-state index >= 15 is 0 Å². The first-order chi connectivity index (χ1) is 18.6. The van der Waals surface area contributed by atoms with E-state index in [1.807, 2.05) is 81.4 Å². The molecule has 0 aliphatic carbocycles. The largest absolute Gasteiger partial charge is 0.496 e. The Hall–Kier alpha value is -4.90. The van der Waals surface area contributed by atoms with Crippen LogP contribution in [0.4, 0.5) is 4.79 Å². The van der Waals surface area contributed by atoms with Gasteiger partial charge in [-0.1, -0.05) is 49.0 Å². The highest BCUT2D eigenvalue weighted by Crippen LogP contribution is 2.40. The molecule has 0 N–H and O–H groups in total. The van der Waals surface area contributed by atoms with Crippen molar-refractivity contribution in [3.05, 3.63) is 83.9 Å². The van der Waals surface area contributed by atoms with Crippen LogP contribution in [-0.2, 0) is 11.3 Å². The van der Waals surface area contributed by atoms with Crippen molar-refractivity contribution < 1.29 is 19.1 Å². The van der Waals surface area contributed by atoms with Gasteiger partial charge in [-0.2, -0.15) is 15.0 Å². The number of rotatable bonds is 5. The first-order valence-electron chi connectivity index (χ1n) is 12.5. The van der Waals surface area contributed by atoms with Crippen LogP contribution in [0.3, 0.4) is 0 Å². The average Bonchev–Trinajstić information content (AvgIpc) is 3.45. The molecule has 39 heavy (non-hydrogen) atoms. The fourth-order valence-electron chi connectivity index (χ4n) is 4.82. The molecule has 0 fully saturated rings. The normalized spacial score (nSPS) is 12.8. The summed E-state index contributed by atoms with van der Waals surface area (Å²) < 4.78 is 12.4. The maximum atomic E-state index is 13.3. The number of hydrogen-bond acceptors (Lipinski definition) is 6. The third-order valence-electron chi connectivity index (χ3n) is 6.49. The molecule has 0 atom stereocenters. The van der Waals surface area contributed by atoms with Gasteiger partial charge in [0, 0.05) is 23.1 Å². The molecule has 2 heterocycles. The number of carbonyl (C=O) groups is 2. The Kier molecular flexibility index (Phi) is 6.44. The standard InChI is InChI=1S/C31H28N4O4/c1-19(16-32)17-34-18-24-22(12-14-26(38-5)27(24)29(34)36)21-11-13-25-23(15-21)28(20-9-7-6-8-10-20)33-35(25)30(37)39-31(2,3)4/h6-15H,1,17-18H2,2-5H3. The molecule has 0 unspecified atom stereocenters. The first kappa shape index (κ1) is 25.7. The maximum absolute atomic E-state index is 13.3. The molecular formula is C31H28N4O4. The monoisotopic (exact) mass is 520 g/mol. The molecule has 0 saturated heterocycles. The molecule has 1 aromatic heterocycles. The zero-order valence-corrected chi connectivity index (χ0v) is 22.3. The van der Waals surface area contributed by atoms with Crippen LogP contribution >= 0.6 is 0 Å². The number of amides is 1. The summed E-state index contributed by atoms with van der Waals surface area (Å²) in [5.74, 6) is 0.275. The number of methoxy groups -OCH3 is 1.